The van der Waals surface area contributed by atoms with Crippen molar-refractivity contribution >= 4 is 29.4 Å². The van der Waals surface area contributed by atoms with Crippen LogP contribution in [0, 0.1) is 11.3 Å². The van der Waals surface area contributed by atoms with E-state index in [2.05, 4.69) is 34.2 Å². The van der Waals surface area contributed by atoms with Crippen molar-refractivity contribution in [2.24, 2.45) is 0 Å². The van der Waals surface area contributed by atoms with E-state index in [1.165, 1.54) is 11.1 Å². The number of aromatic nitrogens is 1. The molecule has 24 heavy (non-hydrogen) atoms. The van der Waals surface area contributed by atoms with Crippen LogP contribution in [0.5, 0.6) is 0 Å². The Hall–Kier alpha value is -2.84. The van der Waals surface area contributed by atoms with E-state index in [0.717, 1.165) is 24.4 Å². The minimum absolute atomic E-state index is 0.347. The molecule has 3 aromatic rings. The second-order valence-electron chi connectivity index (χ2n) is 5.61. The average Bonchev–Trinajstić information content (AvgIpc) is 3.29. The molecule has 0 atom stereocenters. The molecule has 2 aromatic heterocycles. The fourth-order valence-electron chi connectivity index (χ4n) is 2.90. The Morgan fingerprint density at radius 3 is 2.83 bits per heavy atom. The van der Waals surface area contributed by atoms with Gasteiger partial charge in [-0.3, -0.25) is 0 Å². The minimum Gasteiger partial charge on any atom is -0.420 e. The third kappa shape index (κ3) is 2.84. The van der Waals surface area contributed by atoms with E-state index in [1.54, 1.807) is 11.3 Å². The molecule has 0 amide bonds. The molecule has 0 saturated heterocycles. The molecule has 5 heteroatoms. The third-order valence-electron chi connectivity index (χ3n) is 4.08. The summed E-state index contributed by atoms with van der Waals surface area (Å²) in [6.07, 6.45) is 4.71. The SMILES string of the molecule is N#Cc1nc(C=Cc2cccs2)oc1N1CCc2ccccc2C1. The van der Waals surface area contributed by atoms with Crippen LogP contribution in [0.25, 0.3) is 12.2 Å². The zero-order chi connectivity index (χ0) is 16.4. The van der Waals surface area contributed by atoms with E-state index in [1.807, 2.05) is 35.7 Å². The first kappa shape index (κ1) is 14.7. The van der Waals surface area contributed by atoms with Gasteiger partial charge in [-0.05, 0) is 35.1 Å². The van der Waals surface area contributed by atoms with Crippen molar-refractivity contribution < 1.29 is 4.42 Å². The third-order valence-corrected chi connectivity index (χ3v) is 4.92. The van der Waals surface area contributed by atoms with Gasteiger partial charge in [0.15, 0.2) is 0 Å². The highest BCUT2D eigenvalue weighted by Crippen LogP contribution is 2.28. The van der Waals surface area contributed by atoms with E-state index in [9.17, 15) is 5.26 Å². The number of benzene rings is 1. The molecule has 0 bridgehead atoms. The number of nitrogens with zero attached hydrogens (tertiary/aromatic N) is 3. The zero-order valence-corrected chi connectivity index (χ0v) is 13.8. The smallest absolute Gasteiger partial charge is 0.235 e. The highest BCUT2D eigenvalue weighted by Gasteiger charge is 2.23. The summed E-state index contributed by atoms with van der Waals surface area (Å²) in [4.78, 5) is 7.53. The largest absolute Gasteiger partial charge is 0.420 e. The molecule has 1 aromatic carbocycles. The van der Waals surface area contributed by atoms with Gasteiger partial charge in [0.2, 0.25) is 17.5 Å². The first-order valence-electron chi connectivity index (χ1n) is 7.78. The number of anilines is 1. The summed E-state index contributed by atoms with van der Waals surface area (Å²) in [7, 11) is 0. The standard InChI is InChI=1S/C19H15N3OS/c20-12-17-19(22-10-9-14-4-1-2-5-15(14)13-22)23-18(21-17)8-7-16-6-3-11-24-16/h1-8,11H,9-10,13H2. The van der Waals surface area contributed by atoms with Crippen LogP contribution < -0.4 is 4.90 Å². The zero-order valence-electron chi connectivity index (χ0n) is 13.0. The Morgan fingerprint density at radius 2 is 2.04 bits per heavy atom. The van der Waals surface area contributed by atoms with E-state index in [-0.39, 0.29) is 0 Å². The lowest BCUT2D eigenvalue weighted by molar-refractivity contribution is 0.520. The number of rotatable bonds is 3. The predicted molar refractivity (Wildman–Crippen MR) is 95.7 cm³/mol. The van der Waals surface area contributed by atoms with Crippen molar-refractivity contribution in [2.45, 2.75) is 13.0 Å². The van der Waals surface area contributed by atoms with Gasteiger partial charge in [-0.2, -0.15) is 10.2 Å². The Morgan fingerprint density at radius 1 is 1.17 bits per heavy atom. The van der Waals surface area contributed by atoms with Gasteiger partial charge >= 0.3 is 0 Å². The van der Waals surface area contributed by atoms with Crippen molar-refractivity contribution in [3.8, 4) is 6.07 Å². The van der Waals surface area contributed by atoms with Crippen LogP contribution in [0.1, 0.15) is 27.6 Å². The molecule has 4 nitrogen and oxygen atoms in total. The van der Waals surface area contributed by atoms with Crippen LogP contribution in [-0.4, -0.2) is 11.5 Å². The van der Waals surface area contributed by atoms with Crippen LogP contribution in [-0.2, 0) is 13.0 Å². The topological polar surface area (TPSA) is 53.1 Å². The van der Waals surface area contributed by atoms with Gasteiger partial charge in [-0.15, -0.1) is 11.3 Å². The highest BCUT2D eigenvalue weighted by atomic mass is 32.1. The van der Waals surface area contributed by atoms with E-state index in [4.69, 9.17) is 4.42 Å². The number of hydrogen-bond acceptors (Lipinski definition) is 5. The van der Waals surface area contributed by atoms with Gasteiger partial charge in [0.05, 0.1) is 0 Å². The number of hydrogen-bond donors (Lipinski definition) is 0. The summed E-state index contributed by atoms with van der Waals surface area (Å²) in [5.74, 6) is 1.03. The van der Waals surface area contributed by atoms with Crippen molar-refractivity contribution in [1.29, 1.82) is 5.26 Å². The van der Waals surface area contributed by atoms with Crippen LogP contribution in [0.3, 0.4) is 0 Å². The van der Waals surface area contributed by atoms with Crippen molar-refractivity contribution in [1.82, 2.24) is 4.98 Å². The fraction of sp³-hybridized carbons (Fsp3) is 0.158. The van der Waals surface area contributed by atoms with Gasteiger partial charge in [0.1, 0.15) is 6.07 Å². The monoisotopic (exact) mass is 333 g/mol. The molecule has 3 heterocycles. The van der Waals surface area contributed by atoms with Crippen molar-refractivity contribution in [2.75, 3.05) is 11.4 Å². The van der Waals surface area contributed by atoms with Crippen LogP contribution in [0.2, 0.25) is 0 Å². The quantitative estimate of drug-likeness (QED) is 0.715. The minimum atomic E-state index is 0.347. The summed E-state index contributed by atoms with van der Waals surface area (Å²) >= 11 is 1.65. The summed E-state index contributed by atoms with van der Waals surface area (Å²) in [5, 5.41) is 11.4. The molecule has 118 valence electrons. The lowest BCUT2D eigenvalue weighted by atomic mass is 10.00. The number of oxazole rings is 1. The highest BCUT2D eigenvalue weighted by molar-refractivity contribution is 7.10. The molecule has 0 unspecified atom stereocenters. The van der Waals surface area contributed by atoms with E-state index in [0.29, 0.717) is 17.5 Å². The molecule has 0 N–H and O–H groups in total. The molecule has 1 aliphatic heterocycles. The Bertz CT molecular complexity index is 918. The van der Waals surface area contributed by atoms with Crippen LogP contribution in [0.4, 0.5) is 5.88 Å². The lowest BCUT2D eigenvalue weighted by Gasteiger charge is -2.28. The fourth-order valence-corrected chi connectivity index (χ4v) is 3.51. The first-order chi connectivity index (χ1) is 11.8. The molecule has 4 rings (SSSR count). The summed E-state index contributed by atoms with van der Waals surface area (Å²) in [6, 6.07) is 14.6. The average molecular weight is 333 g/mol. The molecule has 0 aliphatic carbocycles. The molecule has 0 fully saturated rings. The van der Waals surface area contributed by atoms with Crippen molar-refractivity contribution in [3.63, 3.8) is 0 Å². The lowest BCUT2D eigenvalue weighted by Crippen LogP contribution is -2.30. The Labute approximate surface area is 144 Å². The van der Waals surface area contributed by atoms with Crippen molar-refractivity contribution in [3.05, 3.63) is 69.4 Å². The number of fused-ring (bicyclic) bond motifs is 1. The van der Waals surface area contributed by atoms with Gasteiger partial charge in [-0.25, -0.2) is 0 Å². The maximum Gasteiger partial charge on any atom is 0.235 e. The Kier molecular flexibility index (Phi) is 3.89. The summed E-state index contributed by atoms with van der Waals surface area (Å²) in [5.41, 5.74) is 2.99. The predicted octanol–water partition coefficient (Wildman–Crippen LogP) is 4.34. The first-order valence-corrected chi connectivity index (χ1v) is 8.66. The molecule has 1 aliphatic rings. The maximum atomic E-state index is 9.39. The van der Waals surface area contributed by atoms with E-state index < -0.39 is 0 Å². The van der Waals surface area contributed by atoms with Gasteiger partial charge in [0, 0.05) is 24.0 Å². The van der Waals surface area contributed by atoms with E-state index >= 15 is 0 Å². The number of nitriles is 1. The summed E-state index contributed by atoms with van der Waals surface area (Å²) < 4.78 is 5.87. The van der Waals surface area contributed by atoms with Gasteiger partial charge in [-0.1, -0.05) is 30.3 Å². The second-order valence-corrected chi connectivity index (χ2v) is 6.59. The second kappa shape index (κ2) is 6.34. The molecule has 0 saturated carbocycles. The van der Waals surface area contributed by atoms with Crippen LogP contribution >= 0.6 is 11.3 Å². The molecule has 0 spiro atoms. The molecular formula is C19H15N3OS. The van der Waals surface area contributed by atoms with Gasteiger partial charge < -0.3 is 9.32 Å². The van der Waals surface area contributed by atoms with Crippen LogP contribution in [0.15, 0.2) is 46.2 Å². The Balaban J connectivity index is 1.61. The molecular weight excluding hydrogens is 318 g/mol. The van der Waals surface area contributed by atoms with Gasteiger partial charge in [0.25, 0.3) is 0 Å². The number of thiophene rings is 1. The summed E-state index contributed by atoms with van der Waals surface area (Å²) in [6.45, 7) is 1.57. The molecule has 0 radical (unpaired) electrons. The normalized spacial score (nSPS) is 13.9. The maximum absolute atomic E-state index is 9.39.